The summed E-state index contributed by atoms with van der Waals surface area (Å²) in [7, 11) is 0. The van der Waals surface area contributed by atoms with Crippen molar-refractivity contribution in [3.8, 4) is 11.3 Å². The Labute approximate surface area is 176 Å². The van der Waals surface area contributed by atoms with Crippen LogP contribution in [0.25, 0.3) is 21.5 Å². The lowest BCUT2D eigenvalue weighted by molar-refractivity contribution is -0.116. The van der Waals surface area contributed by atoms with Crippen molar-refractivity contribution in [2.45, 2.75) is 38.6 Å². The molecule has 1 N–H and O–H groups in total. The number of hydrogen-bond acceptors (Lipinski definition) is 6. The zero-order chi connectivity index (χ0) is 20.5. The Hall–Kier alpha value is -3.26. The Balaban J connectivity index is 1.30. The normalized spacial score (nSPS) is 13.3. The number of carbonyl (C=O) groups is 1. The number of carbonyl (C=O) groups excluding carboxylic acids is 1. The molecule has 7 nitrogen and oxygen atoms in total. The molecule has 0 unspecified atom stereocenters. The van der Waals surface area contributed by atoms with Crippen LogP contribution >= 0.6 is 11.3 Å². The Morgan fingerprint density at radius 1 is 1.27 bits per heavy atom. The fourth-order valence-electron chi connectivity index (χ4n) is 3.89. The minimum atomic E-state index is -0.163. The summed E-state index contributed by atoms with van der Waals surface area (Å²) in [6.45, 7) is 0.292. The van der Waals surface area contributed by atoms with Gasteiger partial charge in [0.1, 0.15) is 4.83 Å². The maximum Gasteiger partial charge on any atom is 0.262 e. The number of thiophene rings is 1. The summed E-state index contributed by atoms with van der Waals surface area (Å²) in [6, 6.07) is 7.37. The molecule has 1 aliphatic carbocycles. The van der Waals surface area contributed by atoms with E-state index >= 15 is 0 Å². The SMILES string of the molecule is O=C(CCn1cnc2sc3c(c2c1=O)CCCC3)Nc1cccc(-c2cnco2)c1. The molecule has 0 atom stereocenters. The van der Waals surface area contributed by atoms with Crippen LogP contribution < -0.4 is 10.9 Å². The van der Waals surface area contributed by atoms with Gasteiger partial charge in [-0.1, -0.05) is 12.1 Å². The predicted octanol–water partition coefficient (Wildman–Crippen LogP) is 4.02. The molecule has 8 heteroatoms. The van der Waals surface area contributed by atoms with Gasteiger partial charge in [-0.25, -0.2) is 9.97 Å². The zero-order valence-corrected chi connectivity index (χ0v) is 17.1. The number of nitrogens with zero attached hydrogens (tertiary/aromatic N) is 3. The van der Waals surface area contributed by atoms with Crippen LogP contribution in [0.3, 0.4) is 0 Å². The topological polar surface area (TPSA) is 90.0 Å². The number of oxazole rings is 1. The first kappa shape index (κ1) is 18.7. The van der Waals surface area contributed by atoms with Gasteiger partial charge in [0, 0.05) is 29.1 Å². The maximum atomic E-state index is 13.0. The van der Waals surface area contributed by atoms with Crippen molar-refractivity contribution < 1.29 is 9.21 Å². The Bertz CT molecular complexity index is 1270. The Morgan fingerprint density at radius 3 is 3.03 bits per heavy atom. The van der Waals surface area contributed by atoms with E-state index in [1.807, 2.05) is 24.3 Å². The number of aryl methyl sites for hydroxylation is 3. The van der Waals surface area contributed by atoms with Crippen LogP contribution in [0.5, 0.6) is 0 Å². The van der Waals surface area contributed by atoms with Gasteiger partial charge in [0.2, 0.25) is 5.91 Å². The molecule has 5 rings (SSSR count). The molecule has 3 aromatic heterocycles. The zero-order valence-electron chi connectivity index (χ0n) is 16.3. The summed E-state index contributed by atoms with van der Waals surface area (Å²) >= 11 is 1.63. The largest absolute Gasteiger partial charge is 0.444 e. The van der Waals surface area contributed by atoms with Crippen LogP contribution in [0.2, 0.25) is 0 Å². The second-order valence-corrected chi connectivity index (χ2v) is 8.46. The quantitative estimate of drug-likeness (QED) is 0.527. The molecule has 0 saturated heterocycles. The third kappa shape index (κ3) is 3.54. The molecule has 0 fully saturated rings. The van der Waals surface area contributed by atoms with Crippen molar-refractivity contribution in [1.82, 2.24) is 14.5 Å². The highest BCUT2D eigenvalue weighted by atomic mass is 32.1. The third-order valence-corrected chi connectivity index (χ3v) is 6.58. The number of anilines is 1. The van der Waals surface area contributed by atoms with Crippen LogP contribution in [0.4, 0.5) is 5.69 Å². The molecular weight excluding hydrogens is 400 g/mol. The molecule has 1 aliphatic rings. The number of hydrogen-bond donors (Lipinski definition) is 1. The van der Waals surface area contributed by atoms with E-state index < -0.39 is 0 Å². The van der Waals surface area contributed by atoms with Gasteiger partial charge in [0.25, 0.3) is 5.56 Å². The first-order valence-electron chi connectivity index (χ1n) is 9.97. The number of nitrogens with one attached hydrogen (secondary N) is 1. The molecule has 0 radical (unpaired) electrons. The van der Waals surface area contributed by atoms with Gasteiger partial charge < -0.3 is 9.73 Å². The van der Waals surface area contributed by atoms with E-state index in [1.165, 1.54) is 23.3 Å². The van der Waals surface area contributed by atoms with E-state index in [1.54, 1.807) is 28.4 Å². The maximum absolute atomic E-state index is 13.0. The molecule has 30 heavy (non-hydrogen) atoms. The number of benzene rings is 1. The molecule has 0 saturated carbocycles. The molecule has 4 aromatic rings. The van der Waals surface area contributed by atoms with Gasteiger partial charge in [0.05, 0.1) is 17.9 Å². The first-order valence-corrected chi connectivity index (χ1v) is 10.8. The van der Waals surface area contributed by atoms with Gasteiger partial charge in [-0.15, -0.1) is 11.3 Å². The summed E-state index contributed by atoms with van der Waals surface area (Å²) in [5, 5.41) is 3.63. The fraction of sp³-hybridized carbons (Fsp3) is 0.273. The van der Waals surface area contributed by atoms with Gasteiger partial charge in [-0.3, -0.25) is 14.2 Å². The summed E-state index contributed by atoms with van der Waals surface area (Å²) in [6.07, 6.45) is 9.00. The van der Waals surface area contributed by atoms with Gasteiger partial charge in [0.15, 0.2) is 12.2 Å². The highest BCUT2D eigenvalue weighted by Gasteiger charge is 2.20. The van der Waals surface area contributed by atoms with Gasteiger partial charge >= 0.3 is 0 Å². The van der Waals surface area contributed by atoms with E-state index in [-0.39, 0.29) is 17.9 Å². The van der Waals surface area contributed by atoms with Crippen LogP contribution in [0.1, 0.15) is 29.7 Å². The molecule has 1 amide bonds. The smallest absolute Gasteiger partial charge is 0.262 e. The van der Waals surface area contributed by atoms with Crippen molar-refractivity contribution in [1.29, 1.82) is 0 Å². The van der Waals surface area contributed by atoms with E-state index in [4.69, 9.17) is 4.42 Å². The van der Waals surface area contributed by atoms with Gasteiger partial charge in [-0.05, 0) is 43.4 Å². The Kier molecular flexibility index (Phi) is 4.92. The van der Waals surface area contributed by atoms with E-state index in [9.17, 15) is 9.59 Å². The summed E-state index contributed by atoms with van der Waals surface area (Å²) in [5.41, 5.74) is 2.63. The minimum absolute atomic E-state index is 0.0421. The second-order valence-electron chi connectivity index (χ2n) is 7.38. The van der Waals surface area contributed by atoms with Crippen LogP contribution in [-0.4, -0.2) is 20.4 Å². The summed E-state index contributed by atoms with van der Waals surface area (Å²) in [4.78, 5) is 36.0. The van der Waals surface area contributed by atoms with Crippen molar-refractivity contribution >= 4 is 33.1 Å². The number of aromatic nitrogens is 3. The number of rotatable bonds is 5. The summed E-state index contributed by atoms with van der Waals surface area (Å²) < 4.78 is 6.85. The van der Waals surface area contributed by atoms with Crippen LogP contribution in [0.15, 0.2) is 52.4 Å². The van der Waals surface area contributed by atoms with E-state index in [0.717, 1.165) is 35.0 Å². The number of fused-ring (bicyclic) bond motifs is 3. The molecule has 1 aromatic carbocycles. The van der Waals surface area contributed by atoms with E-state index in [2.05, 4.69) is 15.3 Å². The lowest BCUT2D eigenvalue weighted by Crippen LogP contribution is -2.24. The minimum Gasteiger partial charge on any atom is -0.444 e. The Morgan fingerprint density at radius 2 is 2.17 bits per heavy atom. The van der Waals surface area contributed by atoms with Gasteiger partial charge in [-0.2, -0.15) is 0 Å². The van der Waals surface area contributed by atoms with Crippen molar-refractivity contribution in [2.75, 3.05) is 5.32 Å². The lowest BCUT2D eigenvalue weighted by atomic mass is 9.97. The molecule has 0 aliphatic heterocycles. The van der Waals surface area contributed by atoms with Crippen molar-refractivity contribution in [3.63, 3.8) is 0 Å². The van der Waals surface area contributed by atoms with Crippen LogP contribution in [0, 0.1) is 0 Å². The second kappa shape index (κ2) is 7.87. The standard InChI is InChI=1S/C22H20N4O3S/c27-19(25-15-5-3-4-14(10-15)17-11-23-13-29-17)8-9-26-12-24-21-20(22(26)28)16-6-1-2-7-18(16)30-21/h3-5,10-13H,1-2,6-9H2,(H,25,27). The lowest BCUT2D eigenvalue weighted by Gasteiger charge is -2.10. The highest BCUT2D eigenvalue weighted by molar-refractivity contribution is 7.18. The molecular formula is C22H20N4O3S. The van der Waals surface area contributed by atoms with Crippen LogP contribution in [-0.2, 0) is 24.2 Å². The average Bonchev–Trinajstić information content (AvgIpc) is 3.42. The average molecular weight is 420 g/mol. The summed E-state index contributed by atoms with van der Waals surface area (Å²) in [5.74, 6) is 0.472. The van der Waals surface area contributed by atoms with Crippen molar-refractivity contribution in [2.24, 2.45) is 0 Å². The predicted molar refractivity (Wildman–Crippen MR) is 116 cm³/mol. The van der Waals surface area contributed by atoms with Crippen molar-refractivity contribution in [3.05, 3.63) is 64.0 Å². The molecule has 0 spiro atoms. The molecule has 152 valence electrons. The first-order chi connectivity index (χ1) is 14.7. The fourth-order valence-corrected chi connectivity index (χ4v) is 5.11. The highest BCUT2D eigenvalue weighted by Crippen LogP contribution is 2.33. The number of amides is 1. The monoisotopic (exact) mass is 420 g/mol. The molecule has 3 heterocycles. The van der Waals surface area contributed by atoms with E-state index in [0.29, 0.717) is 18.0 Å². The third-order valence-electron chi connectivity index (χ3n) is 5.38. The molecule has 0 bridgehead atoms.